The van der Waals surface area contributed by atoms with E-state index in [2.05, 4.69) is 30.8 Å². The second-order valence-corrected chi connectivity index (χ2v) is 5.61. The van der Waals surface area contributed by atoms with E-state index in [1.807, 2.05) is 49.4 Å². The Kier molecular flexibility index (Phi) is 4.98. The highest BCUT2D eigenvalue weighted by Crippen LogP contribution is 2.07. The maximum Gasteiger partial charge on any atom is 0.274 e. The van der Waals surface area contributed by atoms with Gasteiger partial charge in [-0.2, -0.15) is 5.10 Å². The molecule has 0 radical (unpaired) electrons. The number of aromatic nitrogens is 6. The summed E-state index contributed by atoms with van der Waals surface area (Å²) in [6, 6.07) is 9.65. The highest BCUT2D eigenvalue weighted by Gasteiger charge is 2.17. The van der Waals surface area contributed by atoms with Gasteiger partial charge in [-0.3, -0.25) is 9.89 Å². The lowest BCUT2D eigenvalue weighted by Crippen LogP contribution is -2.27. The SMILES string of the molecule is Cc1nc([C@@H](C)NC(=O)c2cn(C/C=C/c3ccccc3)nn2)n[nH]1. The Morgan fingerprint density at radius 2 is 2.16 bits per heavy atom. The van der Waals surface area contributed by atoms with Gasteiger partial charge in [-0.25, -0.2) is 9.67 Å². The summed E-state index contributed by atoms with van der Waals surface area (Å²) >= 11 is 0. The number of benzene rings is 1. The van der Waals surface area contributed by atoms with Gasteiger partial charge in [0, 0.05) is 0 Å². The monoisotopic (exact) mass is 337 g/mol. The molecule has 2 heterocycles. The summed E-state index contributed by atoms with van der Waals surface area (Å²) in [5.74, 6) is 0.921. The van der Waals surface area contributed by atoms with Crippen LogP contribution in [0.5, 0.6) is 0 Å². The van der Waals surface area contributed by atoms with Crippen LogP contribution in [-0.2, 0) is 6.54 Å². The first kappa shape index (κ1) is 16.6. The lowest BCUT2D eigenvalue weighted by atomic mass is 10.2. The number of carbonyl (C=O) groups is 1. The highest BCUT2D eigenvalue weighted by atomic mass is 16.2. The largest absolute Gasteiger partial charge is 0.341 e. The lowest BCUT2D eigenvalue weighted by molar-refractivity contribution is 0.0933. The molecule has 0 unspecified atom stereocenters. The summed E-state index contributed by atoms with van der Waals surface area (Å²) in [7, 11) is 0. The first-order valence-corrected chi connectivity index (χ1v) is 7.93. The summed E-state index contributed by atoms with van der Waals surface area (Å²) in [6.07, 6.45) is 5.57. The van der Waals surface area contributed by atoms with Crippen molar-refractivity contribution in [2.24, 2.45) is 0 Å². The summed E-state index contributed by atoms with van der Waals surface area (Å²) in [5.41, 5.74) is 1.36. The van der Waals surface area contributed by atoms with Gasteiger partial charge in [0.25, 0.3) is 5.91 Å². The molecular formula is C17H19N7O. The number of nitrogens with one attached hydrogen (secondary N) is 2. The molecule has 128 valence electrons. The average Bonchev–Trinajstić information content (AvgIpc) is 3.25. The molecule has 0 spiro atoms. The van der Waals surface area contributed by atoms with Gasteiger partial charge >= 0.3 is 0 Å². The lowest BCUT2D eigenvalue weighted by Gasteiger charge is -2.08. The molecule has 0 bridgehead atoms. The van der Waals surface area contributed by atoms with Gasteiger partial charge in [0.15, 0.2) is 11.5 Å². The molecule has 0 saturated carbocycles. The Balaban J connectivity index is 1.57. The van der Waals surface area contributed by atoms with E-state index in [0.29, 0.717) is 18.2 Å². The van der Waals surface area contributed by atoms with Gasteiger partial charge in [-0.1, -0.05) is 47.7 Å². The van der Waals surface area contributed by atoms with Gasteiger partial charge < -0.3 is 5.32 Å². The van der Waals surface area contributed by atoms with E-state index in [0.717, 1.165) is 5.56 Å². The van der Waals surface area contributed by atoms with Crippen molar-refractivity contribution < 1.29 is 4.79 Å². The summed E-state index contributed by atoms with van der Waals surface area (Å²) < 4.78 is 1.61. The number of rotatable bonds is 6. The standard InChI is InChI=1S/C17H19N7O/c1-12(16-19-13(2)20-22-16)18-17(25)15-11-24(23-21-15)10-6-9-14-7-4-3-5-8-14/h3-9,11-12H,10H2,1-2H3,(H,18,25)(H,19,20,22)/b9-6+/t12-/m1/s1. The molecule has 8 heteroatoms. The van der Waals surface area contributed by atoms with Crippen LogP contribution in [0.1, 0.15) is 40.7 Å². The molecule has 3 aromatic rings. The van der Waals surface area contributed by atoms with Crippen molar-refractivity contribution in [3.63, 3.8) is 0 Å². The maximum atomic E-state index is 12.2. The molecule has 8 nitrogen and oxygen atoms in total. The number of amides is 1. The van der Waals surface area contributed by atoms with E-state index in [9.17, 15) is 4.79 Å². The molecule has 0 aliphatic carbocycles. The number of aryl methyl sites for hydroxylation is 1. The van der Waals surface area contributed by atoms with Crippen LogP contribution in [0.3, 0.4) is 0 Å². The number of nitrogens with zero attached hydrogens (tertiary/aromatic N) is 5. The maximum absolute atomic E-state index is 12.2. The van der Waals surface area contributed by atoms with Gasteiger partial charge in [-0.05, 0) is 19.4 Å². The number of hydrogen-bond donors (Lipinski definition) is 2. The molecule has 0 aliphatic heterocycles. The van der Waals surface area contributed by atoms with Crippen molar-refractivity contribution in [1.29, 1.82) is 0 Å². The third-order valence-corrected chi connectivity index (χ3v) is 3.52. The van der Waals surface area contributed by atoms with Crippen LogP contribution in [-0.4, -0.2) is 36.1 Å². The highest BCUT2D eigenvalue weighted by molar-refractivity contribution is 5.92. The molecule has 0 aliphatic rings. The fourth-order valence-corrected chi connectivity index (χ4v) is 2.24. The predicted octanol–water partition coefficient (Wildman–Crippen LogP) is 1.91. The predicted molar refractivity (Wildman–Crippen MR) is 92.5 cm³/mol. The zero-order valence-corrected chi connectivity index (χ0v) is 14.0. The van der Waals surface area contributed by atoms with Crippen LogP contribution in [0.25, 0.3) is 6.08 Å². The fraction of sp³-hybridized carbons (Fsp3) is 0.235. The summed E-state index contributed by atoms with van der Waals surface area (Å²) in [5, 5.41) is 17.5. The fourth-order valence-electron chi connectivity index (χ4n) is 2.24. The summed E-state index contributed by atoms with van der Waals surface area (Å²) in [6.45, 7) is 4.15. The molecule has 25 heavy (non-hydrogen) atoms. The number of H-pyrrole nitrogens is 1. The molecule has 3 rings (SSSR count). The van der Waals surface area contributed by atoms with Crippen LogP contribution < -0.4 is 5.32 Å². The topological polar surface area (TPSA) is 101 Å². The molecule has 2 aromatic heterocycles. The zero-order chi connectivity index (χ0) is 17.6. The van der Waals surface area contributed by atoms with Crippen molar-refractivity contribution in [1.82, 2.24) is 35.5 Å². The minimum atomic E-state index is -0.319. The number of hydrogen-bond acceptors (Lipinski definition) is 5. The second-order valence-electron chi connectivity index (χ2n) is 5.61. The smallest absolute Gasteiger partial charge is 0.274 e. The number of aromatic amines is 1. The normalized spacial score (nSPS) is 12.4. The Hall–Kier alpha value is -3.29. The van der Waals surface area contributed by atoms with E-state index in [1.54, 1.807) is 17.8 Å². The molecule has 0 saturated heterocycles. The van der Waals surface area contributed by atoms with Crippen molar-refractivity contribution >= 4 is 12.0 Å². The second kappa shape index (κ2) is 7.52. The van der Waals surface area contributed by atoms with Crippen LogP contribution in [0, 0.1) is 6.92 Å². The van der Waals surface area contributed by atoms with Crippen LogP contribution in [0.15, 0.2) is 42.6 Å². The third-order valence-electron chi connectivity index (χ3n) is 3.52. The van der Waals surface area contributed by atoms with E-state index in [-0.39, 0.29) is 17.6 Å². The van der Waals surface area contributed by atoms with Crippen LogP contribution in [0.2, 0.25) is 0 Å². The first-order valence-electron chi connectivity index (χ1n) is 7.93. The molecular weight excluding hydrogens is 318 g/mol. The first-order chi connectivity index (χ1) is 12.1. The molecule has 1 atom stereocenters. The van der Waals surface area contributed by atoms with Crippen LogP contribution >= 0.6 is 0 Å². The third kappa shape index (κ3) is 4.37. The Bertz CT molecular complexity index is 866. The minimum absolute atomic E-state index is 0.257. The van der Waals surface area contributed by atoms with Gasteiger partial charge in [-0.15, -0.1) is 5.10 Å². The van der Waals surface area contributed by atoms with E-state index in [1.165, 1.54) is 0 Å². The molecule has 0 fully saturated rings. The van der Waals surface area contributed by atoms with Gasteiger partial charge in [0.2, 0.25) is 0 Å². The average molecular weight is 337 g/mol. The summed E-state index contributed by atoms with van der Waals surface area (Å²) in [4.78, 5) is 16.4. The number of carbonyl (C=O) groups excluding carboxylic acids is 1. The van der Waals surface area contributed by atoms with Crippen molar-refractivity contribution in [3.8, 4) is 0 Å². The van der Waals surface area contributed by atoms with E-state index >= 15 is 0 Å². The van der Waals surface area contributed by atoms with E-state index in [4.69, 9.17) is 0 Å². The Labute approximate surface area is 145 Å². The minimum Gasteiger partial charge on any atom is -0.341 e. The van der Waals surface area contributed by atoms with Gasteiger partial charge in [0.1, 0.15) is 5.82 Å². The van der Waals surface area contributed by atoms with Crippen LogP contribution in [0.4, 0.5) is 0 Å². The van der Waals surface area contributed by atoms with E-state index < -0.39 is 0 Å². The van der Waals surface area contributed by atoms with Crippen molar-refractivity contribution in [3.05, 3.63) is 65.5 Å². The van der Waals surface area contributed by atoms with Crippen molar-refractivity contribution in [2.45, 2.75) is 26.4 Å². The zero-order valence-electron chi connectivity index (χ0n) is 14.0. The quantitative estimate of drug-likeness (QED) is 0.715. The Morgan fingerprint density at radius 3 is 2.88 bits per heavy atom. The van der Waals surface area contributed by atoms with Gasteiger partial charge in [0.05, 0.1) is 18.8 Å². The molecule has 2 N–H and O–H groups in total. The Morgan fingerprint density at radius 1 is 1.36 bits per heavy atom. The number of allylic oxidation sites excluding steroid dienone is 1. The molecule has 1 aromatic carbocycles. The van der Waals surface area contributed by atoms with Crippen molar-refractivity contribution in [2.75, 3.05) is 0 Å². The molecule has 1 amide bonds.